The Morgan fingerprint density at radius 3 is 2.89 bits per heavy atom. The molecule has 0 aliphatic carbocycles. The Bertz CT molecular complexity index is 601. The molecule has 1 unspecified atom stereocenters. The smallest absolute Gasteiger partial charge is 0.261 e. The van der Waals surface area contributed by atoms with Gasteiger partial charge in [-0.1, -0.05) is 41.9 Å². The van der Waals surface area contributed by atoms with Crippen LogP contribution >= 0.6 is 15.9 Å². The zero-order valence-electron chi connectivity index (χ0n) is 11.8. The molecular weight excluding hydrogens is 300 g/mol. The van der Waals surface area contributed by atoms with Crippen molar-refractivity contribution in [1.82, 2.24) is 0 Å². The molecule has 0 spiro atoms. The van der Waals surface area contributed by atoms with Crippen LogP contribution < -0.4 is 5.32 Å². The molecule has 0 amide bonds. The molecule has 2 nitrogen and oxygen atoms in total. The number of anilines is 1. The van der Waals surface area contributed by atoms with E-state index in [2.05, 4.69) is 77.6 Å². The van der Waals surface area contributed by atoms with Crippen molar-refractivity contribution in [2.24, 2.45) is 5.41 Å². The number of hydrogen-bond donors (Lipinski definition) is 1. The quantitative estimate of drug-likeness (QED) is 0.647. The summed E-state index contributed by atoms with van der Waals surface area (Å²) in [6.07, 6.45) is 3.24. The topological polar surface area (TPSA) is 15.0 Å². The predicted octanol–water partition coefficient (Wildman–Crippen LogP) is 3.77. The number of fused-ring (bicyclic) bond motifs is 3. The molecule has 2 aliphatic rings. The zero-order valence-corrected chi connectivity index (χ0v) is 13.3. The van der Waals surface area contributed by atoms with Crippen LogP contribution in [0.1, 0.15) is 25.8 Å². The summed E-state index contributed by atoms with van der Waals surface area (Å²) in [6, 6.07) is 6.57. The lowest BCUT2D eigenvalue weighted by atomic mass is 9.61. The fraction of sp³-hybridized carbons (Fsp3) is 0.438. The van der Waals surface area contributed by atoms with Crippen molar-refractivity contribution in [2.45, 2.75) is 25.7 Å². The molecule has 100 valence electrons. The number of halogens is 1. The number of rotatable bonds is 2. The van der Waals surface area contributed by atoms with Crippen molar-refractivity contribution in [3.8, 4) is 0 Å². The minimum Gasteiger partial charge on any atom is -0.267 e. The van der Waals surface area contributed by atoms with Gasteiger partial charge in [-0.3, -0.25) is 4.58 Å². The summed E-state index contributed by atoms with van der Waals surface area (Å²) in [5.74, 6) is 1.32. The van der Waals surface area contributed by atoms with Gasteiger partial charge in [0.2, 0.25) is 0 Å². The number of nitrogens with zero attached hydrogens (tertiary/aromatic N) is 1. The highest BCUT2D eigenvalue weighted by molar-refractivity contribution is 9.10. The molecule has 3 rings (SSSR count). The van der Waals surface area contributed by atoms with Gasteiger partial charge >= 0.3 is 0 Å². The maximum atomic E-state index is 4.08. The third-order valence-electron chi connectivity index (χ3n) is 4.91. The van der Waals surface area contributed by atoms with Gasteiger partial charge < -0.3 is 0 Å². The zero-order chi connectivity index (χ0) is 13.8. The molecule has 0 fully saturated rings. The van der Waals surface area contributed by atoms with Gasteiger partial charge in [-0.25, -0.2) is 5.32 Å². The summed E-state index contributed by atoms with van der Waals surface area (Å²) in [6.45, 7) is 9.75. The van der Waals surface area contributed by atoms with E-state index in [1.54, 1.807) is 0 Å². The van der Waals surface area contributed by atoms with E-state index in [-0.39, 0.29) is 10.8 Å². The van der Waals surface area contributed by atoms with Crippen LogP contribution in [-0.2, 0) is 5.41 Å². The first kappa shape index (κ1) is 12.9. The molecule has 1 aromatic rings. The monoisotopic (exact) mass is 319 g/mol. The SMILES string of the molecule is C=CC(C)(C)C12CC[N+](C)=C1Nc1cc(Br)ccc12. The average molecular weight is 320 g/mol. The Morgan fingerprint density at radius 2 is 2.21 bits per heavy atom. The molecule has 0 bridgehead atoms. The normalized spacial score (nSPS) is 25.1. The van der Waals surface area contributed by atoms with Crippen molar-refractivity contribution in [1.29, 1.82) is 0 Å². The molecule has 2 aliphatic heterocycles. The first-order valence-corrected chi connectivity index (χ1v) is 7.51. The Balaban J connectivity index is 2.30. The standard InChI is InChI=1S/C16H19BrN2/c1-5-15(2,3)16-8-9-19(4)14(16)18-13-10-11(17)6-7-12(13)16/h5-7,10H,1,8-9H2,2-4H3/p+1. The Kier molecular flexibility index (Phi) is 2.69. The number of allylic oxidation sites excluding steroid dienone is 1. The van der Waals surface area contributed by atoms with E-state index >= 15 is 0 Å². The van der Waals surface area contributed by atoms with Crippen molar-refractivity contribution < 1.29 is 4.58 Å². The Hall–Kier alpha value is -1.09. The molecule has 0 saturated heterocycles. The Morgan fingerprint density at radius 1 is 1.47 bits per heavy atom. The van der Waals surface area contributed by atoms with Crippen LogP contribution in [0.3, 0.4) is 0 Å². The van der Waals surface area contributed by atoms with E-state index in [0.29, 0.717) is 0 Å². The van der Waals surface area contributed by atoms with Crippen LogP contribution in [0, 0.1) is 5.41 Å². The molecule has 3 heteroatoms. The van der Waals surface area contributed by atoms with Crippen LogP contribution in [-0.4, -0.2) is 24.0 Å². The maximum absolute atomic E-state index is 4.08. The summed E-state index contributed by atoms with van der Waals surface area (Å²) < 4.78 is 3.47. The van der Waals surface area contributed by atoms with Gasteiger partial charge in [-0.2, -0.15) is 0 Å². The molecule has 0 aromatic heterocycles. The average Bonchev–Trinajstić information content (AvgIpc) is 2.86. The van der Waals surface area contributed by atoms with Crippen molar-refractivity contribution in [3.05, 3.63) is 40.9 Å². The van der Waals surface area contributed by atoms with Crippen LogP contribution in [0.5, 0.6) is 0 Å². The molecule has 2 heterocycles. The maximum Gasteiger partial charge on any atom is 0.261 e. The Labute approximate surface area is 123 Å². The lowest BCUT2D eigenvalue weighted by molar-refractivity contribution is -0.488. The number of benzene rings is 1. The molecular formula is C16H20BrN2+. The summed E-state index contributed by atoms with van der Waals surface area (Å²) >= 11 is 3.56. The molecule has 1 N–H and O–H groups in total. The van der Waals surface area contributed by atoms with Crippen LogP contribution in [0.2, 0.25) is 0 Å². The van der Waals surface area contributed by atoms with Crippen LogP contribution in [0.15, 0.2) is 35.3 Å². The van der Waals surface area contributed by atoms with Gasteiger partial charge in [0.05, 0.1) is 13.6 Å². The highest BCUT2D eigenvalue weighted by atomic mass is 79.9. The minimum atomic E-state index is 0.0270. The largest absolute Gasteiger partial charge is 0.267 e. The minimum absolute atomic E-state index is 0.0270. The van der Waals surface area contributed by atoms with Gasteiger partial charge in [-0.15, -0.1) is 6.58 Å². The number of hydrogen-bond acceptors (Lipinski definition) is 1. The van der Waals surface area contributed by atoms with Gasteiger partial charge in [0.25, 0.3) is 5.84 Å². The summed E-state index contributed by atoms with van der Waals surface area (Å²) in [5.41, 5.74) is 2.70. The fourth-order valence-corrected chi connectivity index (χ4v) is 3.99. The van der Waals surface area contributed by atoms with E-state index < -0.39 is 0 Å². The van der Waals surface area contributed by atoms with Gasteiger partial charge in [0.1, 0.15) is 11.1 Å². The van der Waals surface area contributed by atoms with Crippen molar-refractivity contribution in [2.75, 3.05) is 18.9 Å². The van der Waals surface area contributed by atoms with Gasteiger partial charge in [-0.05, 0) is 12.1 Å². The highest BCUT2D eigenvalue weighted by Crippen LogP contribution is 2.54. The second-order valence-corrected chi connectivity index (χ2v) is 7.08. The predicted molar refractivity (Wildman–Crippen MR) is 84.1 cm³/mol. The van der Waals surface area contributed by atoms with Crippen molar-refractivity contribution in [3.63, 3.8) is 0 Å². The molecule has 1 aromatic carbocycles. The highest BCUT2D eigenvalue weighted by Gasteiger charge is 2.61. The lowest BCUT2D eigenvalue weighted by Gasteiger charge is -2.37. The summed E-state index contributed by atoms with van der Waals surface area (Å²) in [7, 11) is 2.17. The van der Waals surface area contributed by atoms with E-state index in [1.165, 1.54) is 17.1 Å². The first-order valence-electron chi connectivity index (χ1n) is 6.71. The third kappa shape index (κ3) is 1.51. The molecule has 19 heavy (non-hydrogen) atoms. The van der Waals surface area contributed by atoms with Crippen LogP contribution in [0.25, 0.3) is 0 Å². The fourth-order valence-electron chi connectivity index (χ4n) is 3.62. The molecule has 0 radical (unpaired) electrons. The lowest BCUT2D eigenvalue weighted by Crippen LogP contribution is -2.45. The third-order valence-corrected chi connectivity index (χ3v) is 5.41. The number of amidine groups is 1. The van der Waals surface area contributed by atoms with E-state index in [1.807, 2.05) is 0 Å². The van der Waals surface area contributed by atoms with E-state index in [0.717, 1.165) is 17.4 Å². The second kappa shape index (κ2) is 3.95. The second-order valence-electron chi connectivity index (χ2n) is 6.17. The first-order chi connectivity index (χ1) is 8.92. The van der Waals surface area contributed by atoms with Crippen molar-refractivity contribution >= 4 is 27.5 Å². The van der Waals surface area contributed by atoms with E-state index in [4.69, 9.17) is 0 Å². The van der Waals surface area contributed by atoms with E-state index in [9.17, 15) is 0 Å². The summed E-state index contributed by atoms with van der Waals surface area (Å²) in [5, 5.41) is 3.63. The van der Waals surface area contributed by atoms with Gasteiger partial charge in [0, 0.05) is 21.9 Å². The van der Waals surface area contributed by atoms with Crippen LogP contribution in [0.4, 0.5) is 5.69 Å². The molecule has 0 saturated carbocycles. The molecule has 1 atom stereocenters. The summed E-state index contributed by atoms with van der Waals surface area (Å²) in [4.78, 5) is 0. The van der Waals surface area contributed by atoms with Gasteiger partial charge in [0.15, 0.2) is 0 Å². The number of nitrogens with one attached hydrogen (secondary N) is 1.